The Balaban J connectivity index is 1.48. The van der Waals surface area contributed by atoms with Gasteiger partial charge in [-0.05, 0) is 51.3 Å². The van der Waals surface area contributed by atoms with Crippen LogP contribution >= 0.6 is 0 Å². The van der Waals surface area contributed by atoms with Crippen LogP contribution in [0.3, 0.4) is 0 Å². The Hall–Kier alpha value is -2.69. The zero-order valence-corrected chi connectivity index (χ0v) is 14.8. The second-order valence-electron chi connectivity index (χ2n) is 6.73. The summed E-state index contributed by atoms with van der Waals surface area (Å²) in [5.41, 5.74) is 4.34. The van der Waals surface area contributed by atoms with E-state index in [2.05, 4.69) is 50.0 Å². The van der Waals surface area contributed by atoms with Gasteiger partial charge in [-0.15, -0.1) is 0 Å². The van der Waals surface area contributed by atoms with Crippen molar-refractivity contribution >= 4 is 0 Å². The van der Waals surface area contributed by atoms with Gasteiger partial charge in [0.25, 0.3) is 0 Å². The molecule has 3 aromatic rings. The molecule has 0 aliphatic heterocycles. The Labute approximate surface area is 147 Å². The minimum absolute atomic E-state index is 0.0763. The number of hydrogen-bond donors (Lipinski definition) is 0. The van der Waals surface area contributed by atoms with Crippen LogP contribution in [-0.2, 0) is 0 Å². The molecule has 0 amide bonds. The van der Waals surface area contributed by atoms with Crippen molar-refractivity contribution in [1.82, 2.24) is 19.5 Å². The maximum atomic E-state index is 5.98. The van der Waals surface area contributed by atoms with Crippen LogP contribution in [0.2, 0.25) is 0 Å². The standard InChI is InChI=1S/C20H22N4O/c1-13-10-20(23-15(3)22-13)25-14(2)16-6-8-18(9-7-16)24-11-19(21-12-24)17-4-5-17/h6-12,14,17H,4-5H2,1-3H3/t14-/m0/s1. The molecule has 0 radical (unpaired) electrons. The van der Waals surface area contributed by atoms with Crippen LogP contribution in [0.15, 0.2) is 42.9 Å². The minimum Gasteiger partial charge on any atom is -0.470 e. The number of imidazole rings is 1. The molecule has 25 heavy (non-hydrogen) atoms. The molecule has 2 heterocycles. The van der Waals surface area contributed by atoms with E-state index in [1.54, 1.807) is 0 Å². The van der Waals surface area contributed by atoms with Crippen LogP contribution in [0.25, 0.3) is 5.69 Å². The third-order valence-corrected chi connectivity index (χ3v) is 4.50. The van der Waals surface area contributed by atoms with Crippen molar-refractivity contribution in [2.24, 2.45) is 0 Å². The van der Waals surface area contributed by atoms with Crippen molar-refractivity contribution in [2.45, 2.75) is 45.6 Å². The normalized spacial score (nSPS) is 15.2. The van der Waals surface area contributed by atoms with Gasteiger partial charge in [-0.3, -0.25) is 0 Å². The van der Waals surface area contributed by atoms with Crippen LogP contribution in [0.5, 0.6) is 5.88 Å². The molecule has 5 heteroatoms. The first-order valence-corrected chi connectivity index (χ1v) is 8.71. The summed E-state index contributed by atoms with van der Waals surface area (Å²) in [4.78, 5) is 13.1. The zero-order valence-electron chi connectivity index (χ0n) is 14.8. The first kappa shape index (κ1) is 15.8. The van der Waals surface area contributed by atoms with Gasteiger partial charge in [0.15, 0.2) is 0 Å². The lowest BCUT2D eigenvalue weighted by Gasteiger charge is -2.15. The van der Waals surface area contributed by atoms with Gasteiger partial charge >= 0.3 is 0 Å². The number of ether oxygens (including phenoxy) is 1. The minimum atomic E-state index is -0.0763. The van der Waals surface area contributed by atoms with E-state index in [0.29, 0.717) is 11.8 Å². The Morgan fingerprint density at radius 2 is 1.88 bits per heavy atom. The van der Waals surface area contributed by atoms with Gasteiger partial charge in [0.1, 0.15) is 11.9 Å². The maximum Gasteiger partial charge on any atom is 0.217 e. The number of rotatable bonds is 5. The molecule has 1 fully saturated rings. The van der Waals surface area contributed by atoms with E-state index in [0.717, 1.165) is 22.8 Å². The van der Waals surface area contributed by atoms with Gasteiger partial charge in [-0.1, -0.05) is 12.1 Å². The van der Waals surface area contributed by atoms with Crippen molar-refractivity contribution in [3.05, 3.63) is 65.6 Å². The SMILES string of the molecule is Cc1cc(O[C@@H](C)c2ccc(-n3cnc(C4CC4)c3)cc2)nc(C)n1. The summed E-state index contributed by atoms with van der Waals surface area (Å²) < 4.78 is 8.06. The molecule has 1 atom stereocenters. The number of hydrogen-bond acceptors (Lipinski definition) is 4. The molecule has 2 aromatic heterocycles. The molecule has 0 saturated heterocycles. The third kappa shape index (κ3) is 3.55. The maximum absolute atomic E-state index is 5.98. The van der Waals surface area contributed by atoms with Crippen molar-refractivity contribution < 1.29 is 4.74 Å². The first-order chi connectivity index (χ1) is 12.1. The molecule has 0 spiro atoms. The smallest absolute Gasteiger partial charge is 0.217 e. The summed E-state index contributed by atoms with van der Waals surface area (Å²) in [6.07, 6.45) is 6.50. The molecule has 4 rings (SSSR count). The van der Waals surface area contributed by atoms with E-state index in [1.165, 1.54) is 18.5 Å². The summed E-state index contributed by atoms with van der Waals surface area (Å²) in [6.45, 7) is 5.85. The molecule has 0 N–H and O–H groups in total. The predicted molar refractivity (Wildman–Crippen MR) is 96.1 cm³/mol. The predicted octanol–water partition coefficient (Wildman–Crippen LogP) is 4.30. The van der Waals surface area contributed by atoms with Gasteiger partial charge < -0.3 is 9.30 Å². The molecule has 0 unspecified atom stereocenters. The van der Waals surface area contributed by atoms with E-state index in [4.69, 9.17) is 4.74 Å². The molecule has 1 aliphatic rings. The summed E-state index contributed by atoms with van der Waals surface area (Å²) in [6, 6.07) is 10.3. The van der Waals surface area contributed by atoms with Crippen LogP contribution in [0, 0.1) is 13.8 Å². The summed E-state index contributed by atoms with van der Waals surface area (Å²) >= 11 is 0. The highest BCUT2D eigenvalue weighted by atomic mass is 16.5. The van der Waals surface area contributed by atoms with Crippen molar-refractivity contribution in [2.75, 3.05) is 0 Å². The van der Waals surface area contributed by atoms with Gasteiger partial charge in [0, 0.05) is 29.6 Å². The van der Waals surface area contributed by atoms with E-state index >= 15 is 0 Å². The summed E-state index contributed by atoms with van der Waals surface area (Å²) in [7, 11) is 0. The molecule has 128 valence electrons. The highest BCUT2D eigenvalue weighted by molar-refractivity contribution is 5.36. The lowest BCUT2D eigenvalue weighted by Crippen LogP contribution is -2.06. The van der Waals surface area contributed by atoms with Crippen LogP contribution in [-0.4, -0.2) is 19.5 Å². The van der Waals surface area contributed by atoms with Gasteiger partial charge in [-0.2, -0.15) is 4.98 Å². The fourth-order valence-corrected chi connectivity index (χ4v) is 2.98. The Morgan fingerprint density at radius 1 is 1.12 bits per heavy atom. The molecular weight excluding hydrogens is 312 g/mol. The van der Waals surface area contributed by atoms with Crippen LogP contribution < -0.4 is 4.74 Å². The lowest BCUT2D eigenvalue weighted by molar-refractivity contribution is 0.216. The first-order valence-electron chi connectivity index (χ1n) is 8.71. The van der Waals surface area contributed by atoms with Gasteiger partial charge in [0.2, 0.25) is 5.88 Å². The number of benzene rings is 1. The number of aromatic nitrogens is 4. The monoisotopic (exact) mass is 334 g/mol. The summed E-state index contributed by atoms with van der Waals surface area (Å²) in [5, 5.41) is 0. The highest BCUT2D eigenvalue weighted by Crippen LogP contribution is 2.39. The van der Waals surface area contributed by atoms with Crippen LogP contribution in [0.4, 0.5) is 0 Å². The van der Waals surface area contributed by atoms with E-state index in [9.17, 15) is 0 Å². The summed E-state index contributed by atoms with van der Waals surface area (Å²) in [5.74, 6) is 2.02. The van der Waals surface area contributed by atoms with E-state index in [1.807, 2.05) is 33.2 Å². The molecule has 1 saturated carbocycles. The fraction of sp³-hybridized carbons (Fsp3) is 0.350. The molecule has 5 nitrogen and oxygen atoms in total. The van der Waals surface area contributed by atoms with Crippen molar-refractivity contribution in [3.8, 4) is 11.6 Å². The largest absolute Gasteiger partial charge is 0.470 e. The molecular formula is C20H22N4O. The quantitative estimate of drug-likeness (QED) is 0.698. The molecule has 0 bridgehead atoms. The third-order valence-electron chi connectivity index (χ3n) is 4.50. The lowest BCUT2D eigenvalue weighted by atomic mass is 10.1. The Kier molecular flexibility index (Phi) is 3.99. The fourth-order valence-electron chi connectivity index (χ4n) is 2.98. The highest BCUT2D eigenvalue weighted by Gasteiger charge is 2.25. The van der Waals surface area contributed by atoms with Crippen molar-refractivity contribution in [3.63, 3.8) is 0 Å². The number of nitrogens with zero attached hydrogens (tertiary/aromatic N) is 4. The zero-order chi connectivity index (χ0) is 17.4. The van der Waals surface area contributed by atoms with E-state index in [-0.39, 0.29) is 6.10 Å². The van der Waals surface area contributed by atoms with Crippen molar-refractivity contribution in [1.29, 1.82) is 0 Å². The second-order valence-corrected chi connectivity index (χ2v) is 6.73. The van der Waals surface area contributed by atoms with Gasteiger partial charge in [0.05, 0.1) is 12.0 Å². The van der Waals surface area contributed by atoms with Crippen LogP contribution in [0.1, 0.15) is 54.6 Å². The van der Waals surface area contributed by atoms with E-state index < -0.39 is 0 Å². The number of aryl methyl sites for hydroxylation is 2. The Morgan fingerprint density at radius 3 is 2.56 bits per heavy atom. The average Bonchev–Trinajstić information content (AvgIpc) is 3.31. The molecule has 1 aliphatic carbocycles. The second kappa shape index (κ2) is 6.31. The average molecular weight is 334 g/mol. The topological polar surface area (TPSA) is 52.8 Å². The molecule has 1 aromatic carbocycles. The Bertz CT molecular complexity index is 861. The van der Waals surface area contributed by atoms with Gasteiger partial charge in [-0.25, -0.2) is 9.97 Å².